The highest BCUT2D eigenvalue weighted by Crippen LogP contribution is 2.32. The molecule has 1 saturated carbocycles. The first kappa shape index (κ1) is 19.3. The van der Waals surface area contributed by atoms with Crippen LogP contribution in [-0.4, -0.2) is 41.1 Å². The molecule has 2 atom stereocenters. The summed E-state index contributed by atoms with van der Waals surface area (Å²) in [5.41, 5.74) is 8.03. The van der Waals surface area contributed by atoms with Crippen LogP contribution in [0.4, 0.5) is 5.69 Å². The number of hydrogen-bond donors (Lipinski definition) is 3. The standard InChI is InChI=1S/C21H33N3O2/c1-21(22)10-3-2-7-19(21)20(26)23-18-6-4-5-17(13-18)14-24-11-8-16(15-25)9-12-24/h4-6,13,16,19,25H,2-3,7-12,14-15,22H2,1H3,(H,23,26). The minimum absolute atomic E-state index is 0.0515. The van der Waals surface area contributed by atoms with Crippen LogP contribution in [0.1, 0.15) is 51.0 Å². The molecule has 0 spiro atoms. The van der Waals surface area contributed by atoms with E-state index in [0.717, 1.165) is 63.8 Å². The Kier molecular flexibility index (Phi) is 6.33. The average Bonchev–Trinajstić information content (AvgIpc) is 2.62. The molecule has 0 aromatic heterocycles. The van der Waals surface area contributed by atoms with Crippen LogP contribution >= 0.6 is 0 Å². The maximum Gasteiger partial charge on any atom is 0.229 e. The normalized spacial score (nSPS) is 28.0. The number of amides is 1. The molecule has 1 aromatic rings. The Morgan fingerprint density at radius 1 is 1.31 bits per heavy atom. The van der Waals surface area contributed by atoms with Gasteiger partial charge in [0.2, 0.25) is 5.91 Å². The van der Waals surface area contributed by atoms with Crippen molar-refractivity contribution >= 4 is 11.6 Å². The SMILES string of the molecule is CC1(N)CCCCC1C(=O)Nc1cccc(CN2CCC(CO)CC2)c1. The third-order valence-corrected chi connectivity index (χ3v) is 6.14. The topological polar surface area (TPSA) is 78.6 Å². The smallest absolute Gasteiger partial charge is 0.229 e. The second-order valence-corrected chi connectivity index (χ2v) is 8.40. The average molecular weight is 360 g/mol. The lowest BCUT2D eigenvalue weighted by Crippen LogP contribution is -2.51. The monoisotopic (exact) mass is 359 g/mol. The summed E-state index contributed by atoms with van der Waals surface area (Å²) in [5, 5.41) is 12.4. The minimum atomic E-state index is -0.406. The van der Waals surface area contributed by atoms with Crippen molar-refractivity contribution in [1.82, 2.24) is 4.90 Å². The maximum absolute atomic E-state index is 12.7. The molecule has 1 aliphatic heterocycles. The Morgan fingerprint density at radius 2 is 2.08 bits per heavy atom. The number of piperidine rings is 1. The van der Waals surface area contributed by atoms with Crippen molar-refractivity contribution in [3.05, 3.63) is 29.8 Å². The quantitative estimate of drug-likeness (QED) is 0.755. The van der Waals surface area contributed by atoms with E-state index in [1.54, 1.807) is 0 Å². The van der Waals surface area contributed by atoms with Gasteiger partial charge in [0.25, 0.3) is 0 Å². The predicted molar refractivity (Wildman–Crippen MR) is 105 cm³/mol. The lowest BCUT2D eigenvalue weighted by atomic mass is 9.74. The summed E-state index contributed by atoms with van der Waals surface area (Å²) in [6, 6.07) is 8.15. The number of nitrogens with zero attached hydrogens (tertiary/aromatic N) is 1. The van der Waals surface area contributed by atoms with Gasteiger partial charge in [0.05, 0.1) is 5.92 Å². The van der Waals surface area contributed by atoms with Crippen molar-refractivity contribution < 1.29 is 9.90 Å². The Bertz CT molecular complexity index is 609. The third kappa shape index (κ3) is 4.84. The van der Waals surface area contributed by atoms with Crippen LogP contribution < -0.4 is 11.1 Å². The van der Waals surface area contributed by atoms with E-state index in [2.05, 4.69) is 22.3 Å². The Hall–Kier alpha value is -1.43. The molecular formula is C21H33N3O2. The summed E-state index contributed by atoms with van der Waals surface area (Å²) < 4.78 is 0. The van der Waals surface area contributed by atoms with Crippen molar-refractivity contribution in [1.29, 1.82) is 0 Å². The van der Waals surface area contributed by atoms with Gasteiger partial charge in [-0.2, -0.15) is 0 Å². The van der Waals surface area contributed by atoms with E-state index in [9.17, 15) is 9.90 Å². The lowest BCUT2D eigenvalue weighted by Gasteiger charge is -2.37. The fourth-order valence-corrected chi connectivity index (χ4v) is 4.35. The first-order valence-corrected chi connectivity index (χ1v) is 10.00. The Morgan fingerprint density at radius 3 is 2.77 bits per heavy atom. The summed E-state index contributed by atoms with van der Waals surface area (Å²) in [6.45, 7) is 5.24. The second kappa shape index (κ2) is 8.51. The fourth-order valence-electron chi connectivity index (χ4n) is 4.35. The molecule has 1 amide bonds. The molecule has 4 N–H and O–H groups in total. The molecular weight excluding hydrogens is 326 g/mol. The van der Waals surface area contributed by atoms with E-state index in [-0.39, 0.29) is 11.8 Å². The van der Waals surface area contributed by atoms with Gasteiger partial charge in [-0.3, -0.25) is 9.69 Å². The zero-order valence-electron chi connectivity index (χ0n) is 15.9. The number of aliphatic hydroxyl groups is 1. The molecule has 2 unspecified atom stereocenters. The van der Waals surface area contributed by atoms with Crippen molar-refractivity contribution in [3.8, 4) is 0 Å². The number of carbonyl (C=O) groups excluding carboxylic acids is 1. The van der Waals surface area contributed by atoms with Gasteiger partial charge >= 0.3 is 0 Å². The largest absolute Gasteiger partial charge is 0.396 e. The molecule has 1 aromatic carbocycles. The van der Waals surface area contributed by atoms with Crippen LogP contribution in [0.25, 0.3) is 0 Å². The highest BCUT2D eigenvalue weighted by atomic mass is 16.3. The van der Waals surface area contributed by atoms with E-state index in [0.29, 0.717) is 12.5 Å². The number of nitrogens with two attached hydrogens (primary N) is 1. The molecule has 1 saturated heterocycles. The molecule has 3 rings (SSSR count). The van der Waals surface area contributed by atoms with E-state index >= 15 is 0 Å². The molecule has 5 heteroatoms. The number of hydrogen-bond acceptors (Lipinski definition) is 4. The molecule has 2 fully saturated rings. The summed E-state index contributed by atoms with van der Waals surface area (Å²) in [4.78, 5) is 15.2. The number of nitrogens with one attached hydrogen (secondary N) is 1. The molecule has 26 heavy (non-hydrogen) atoms. The molecule has 1 aliphatic carbocycles. The molecule has 0 bridgehead atoms. The van der Waals surface area contributed by atoms with Gasteiger partial charge in [-0.1, -0.05) is 25.0 Å². The second-order valence-electron chi connectivity index (χ2n) is 8.40. The van der Waals surface area contributed by atoms with Gasteiger partial charge in [0.1, 0.15) is 0 Å². The van der Waals surface area contributed by atoms with Gasteiger partial charge in [-0.05, 0) is 69.3 Å². The van der Waals surface area contributed by atoms with Crippen LogP contribution in [-0.2, 0) is 11.3 Å². The third-order valence-electron chi connectivity index (χ3n) is 6.14. The van der Waals surface area contributed by atoms with Crippen molar-refractivity contribution in [3.63, 3.8) is 0 Å². The minimum Gasteiger partial charge on any atom is -0.396 e. The van der Waals surface area contributed by atoms with Gasteiger partial charge in [-0.25, -0.2) is 0 Å². The Balaban J connectivity index is 1.58. The molecule has 2 aliphatic rings. The molecule has 5 nitrogen and oxygen atoms in total. The molecule has 0 radical (unpaired) electrons. The fraction of sp³-hybridized carbons (Fsp3) is 0.667. The molecule has 1 heterocycles. The summed E-state index contributed by atoms with van der Waals surface area (Å²) in [6.07, 6.45) is 6.09. The maximum atomic E-state index is 12.7. The summed E-state index contributed by atoms with van der Waals surface area (Å²) in [7, 11) is 0. The summed E-state index contributed by atoms with van der Waals surface area (Å²) in [5.74, 6) is 0.394. The number of likely N-dealkylation sites (tertiary alicyclic amines) is 1. The predicted octanol–water partition coefficient (Wildman–Crippen LogP) is 2.74. The summed E-state index contributed by atoms with van der Waals surface area (Å²) >= 11 is 0. The van der Waals surface area contributed by atoms with Crippen molar-refractivity contribution in [2.24, 2.45) is 17.6 Å². The van der Waals surface area contributed by atoms with E-state index < -0.39 is 5.54 Å². The highest BCUT2D eigenvalue weighted by Gasteiger charge is 2.37. The van der Waals surface area contributed by atoms with Gasteiger partial charge in [0, 0.05) is 24.4 Å². The number of rotatable bonds is 5. The number of aliphatic hydroxyl groups excluding tert-OH is 1. The van der Waals surface area contributed by atoms with Crippen molar-refractivity contribution in [2.45, 2.75) is 57.5 Å². The van der Waals surface area contributed by atoms with E-state index in [1.807, 2.05) is 19.1 Å². The van der Waals surface area contributed by atoms with Crippen LogP contribution in [0, 0.1) is 11.8 Å². The molecule has 144 valence electrons. The van der Waals surface area contributed by atoms with Crippen LogP contribution in [0.5, 0.6) is 0 Å². The zero-order chi connectivity index (χ0) is 18.6. The van der Waals surface area contributed by atoms with Crippen LogP contribution in [0.3, 0.4) is 0 Å². The van der Waals surface area contributed by atoms with E-state index in [4.69, 9.17) is 5.73 Å². The van der Waals surface area contributed by atoms with Crippen LogP contribution in [0.15, 0.2) is 24.3 Å². The van der Waals surface area contributed by atoms with Gasteiger partial charge in [-0.15, -0.1) is 0 Å². The van der Waals surface area contributed by atoms with Crippen molar-refractivity contribution in [2.75, 3.05) is 25.0 Å². The van der Waals surface area contributed by atoms with Gasteiger partial charge < -0.3 is 16.2 Å². The van der Waals surface area contributed by atoms with Crippen LogP contribution in [0.2, 0.25) is 0 Å². The first-order chi connectivity index (χ1) is 12.5. The lowest BCUT2D eigenvalue weighted by molar-refractivity contribution is -0.122. The zero-order valence-corrected chi connectivity index (χ0v) is 15.9. The van der Waals surface area contributed by atoms with E-state index in [1.165, 1.54) is 5.56 Å². The number of anilines is 1. The number of carbonyl (C=O) groups is 1. The number of benzene rings is 1. The highest BCUT2D eigenvalue weighted by molar-refractivity contribution is 5.93. The Labute approximate surface area is 156 Å². The first-order valence-electron chi connectivity index (χ1n) is 10.00. The van der Waals surface area contributed by atoms with Gasteiger partial charge in [0.15, 0.2) is 0 Å².